The van der Waals surface area contributed by atoms with Gasteiger partial charge in [-0.05, 0) is 23.3 Å². The number of benzene rings is 2. The maximum Gasteiger partial charge on any atom is 0.228 e. The minimum absolute atomic E-state index is 0.0228. The van der Waals surface area contributed by atoms with Crippen LogP contribution in [0.25, 0.3) is 0 Å². The third-order valence-electron chi connectivity index (χ3n) is 3.23. The fourth-order valence-electron chi connectivity index (χ4n) is 2.24. The van der Waals surface area contributed by atoms with Crippen molar-refractivity contribution in [2.24, 2.45) is 0 Å². The van der Waals surface area contributed by atoms with E-state index in [1.807, 2.05) is 30.3 Å². The van der Waals surface area contributed by atoms with E-state index in [1.54, 1.807) is 0 Å². The monoisotopic (exact) mass is 253 g/mol. The van der Waals surface area contributed by atoms with Crippen molar-refractivity contribution in [2.45, 2.75) is 13.0 Å². The van der Waals surface area contributed by atoms with Gasteiger partial charge in [0.05, 0.1) is 17.8 Å². The van der Waals surface area contributed by atoms with E-state index in [-0.39, 0.29) is 5.91 Å². The summed E-state index contributed by atoms with van der Waals surface area (Å²) in [5.41, 5.74) is 10.5. The number of fused-ring (bicyclic) bond motifs is 1. The van der Waals surface area contributed by atoms with Crippen LogP contribution in [0.5, 0.6) is 0 Å². The molecule has 2 aromatic rings. The van der Waals surface area contributed by atoms with Gasteiger partial charge in [-0.2, -0.15) is 0 Å². The second-order valence-corrected chi connectivity index (χ2v) is 4.66. The van der Waals surface area contributed by atoms with Crippen molar-refractivity contribution in [3.05, 3.63) is 53.6 Å². The molecular weight excluding hydrogens is 238 g/mol. The Balaban J connectivity index is 1.79. The molecule has 96 valence electrons. The second kappa shape index (κ2) is 4.65. The van der Waals surface area contributed by atoms with Crippen LogP contribution in [0.1, 0.15) is 11.1 Å². The molecule has 0 saturated carbocycles. The van der Waals surface area contributed by atoms with Crippen molar-refractivity contribution >= 4 is 23.0 Å². The largest absolute Gasteiger partial charge is 0.397 e. The number of amides is 1. The summed E-state index contributed by atoms with van der Waals surface area (Å²) in [7, 11) is 0. The standard InChI is InChI=1S/C15H15N3O/c16-12-6-11-7-15(19)18-13(11)8-14(12)17-9-10-4-2-1-3-5-10/h1-6,8,17H,7,9,16H2,(H,18,19). The molecule has 0 aliphatic carbocycles. The molecule has 4 nitrogen and oxygen atoms in total. The van der Waals surface area contributed by atoms with Crippen LogP contribution in [-0.2, 0) is 17.8 Å². The second-order valence-electron chi connectivity index (χ2n) is 4.66. The molecule has 0 saturated heterocycles. The zero-order valence-corrected chi connectivity index (χ0v) is 10.4. The summed E-state index contributed by atoms with van der Waals surface area (Å²) in [5, 5.41) is 6.13. The van der Waals surface area contributed by atoms with Crippen LogP contribution < -0.4 is 16.4 Å². The van der Waals surface area contributed by atoms with Crippen LogP contribution in [0, 0.1) is 0 Å². The molecule has 1 aliphatic rings. The van der Waals surface area contributed by atoms with Crippen molar-refractivity contribution in [2.75, 3.05) is 16.4 Å². The third kappa shape index (κ3) is 2.38. The maximum absolute atomic E-state index is 11.3. The van der Waals surface area contributed by atoms with Crippen LogP contribution in [0.4, 0.5) is 17.1 Å². The molecular formula is C15H15N3O. The molecule has 0 atom stereocenters. The molecule has 2 aromatic carbocycles. The Morgan fingerprint density at radius 3 is 2.79 bits per heavy atom. The van der Waals surface area contributed by atoms with E-state index in [9.17, 15) is 4.79 Å². The number of nitrogens with one attached hydrogen (secondary N) is 2. The van der Waals surface area contributed by atoms with Crippen molar-refractivity contribution < 1.29 is 4.79 Å². The average molecular weight is 253 g/mol. The fourth-order valence-corrected chi connectivity index (χ4v) is 2.24. The molecule has 0 unspecified atom stereocenters. The molecule has 1 aliphatic heterocycles. The summed E-state index contributed by atoms with van der Waals surface area (Å²) in [5.74, 6) is 0.0228. The van der Waals surface area contributed by atoms with Crippen LogP contribution in [0.2, 0.25) is 0 Å². The predicted molar refractivity (Wildman–Crippen MR) is 77.0 cm³/mol. The van der Waals surface area contributed by atoms with Crippen LogP contribution in [0.3, 0.4) is 0 Å². The Bertz CT molecular complexity index is 623. The summed E-state index contributed by atoms with van der Waals surface area (Å²) in [4.78, 5) is 11.3. The van der Waals surface area contributed by atoms with Gasteiger partial charge < -0.3 is 16.4 Å². The molecule has 0 radical (unpaired) electrons. The Kier molecular flexibility index (Phi) is 2.83. The molecule has 0 fully saturated rings. The summed E-state index contributed by atoms with van der Waals surface area (Å²) in [6, 6.07) is 13.9. The third-order valence-corrected chi connectivity index (χ3v) is 3.23. The zero-order valence-electron chi connectivity index (χ0n) is 10.4. The quantitative estimate of drug-likeness (QED) is 0.736. The van der Waals surface area contributed by atoms with E-state index in [1.165, 1.54) is 5.56 Å². The highest BCUT2D eigenvalue weighted by Crippen LogP contribution is 2.31. The van der Waals surface area contributed by atoms with Gasteiger partial charge in [0, 0.05) is 12.2 Å². The lowest BCUT2D eigenvalue weighted by Crippen LogP contribution is -2.04. The molecule has 4 N–H and O–H groups in total. The predicted octanol–water partition coefficient (Wildman–Crippen LogP) is 2.38. The first-order valence-corrected chi connectivity index (χ1v) is 6.22. The Hall–Kier alpha value is -2.49. The number of anilines is 3. The molecule has 3 rings (SSSR count). The van der Waals surface area contributed by atoms with E-state index < -0.39 is 0 Å². The number of hydrogen-bond acceptors (Lipinski definition) is 3. The lowest BCUT2D eigenvalue weighted by atomic mass is 10.1. The molecule has 19 heavy (non-hydrogen) atoms. The van der Waals surface area contributed by atoms with Gasteiger partial charge in [0.25, 0.3) is 0 Å². The van der Waals surface area contributed by atoms with Crippen molar-refractivity contribution in [1.29, 1.82) is 0 Å². The number of hydrogen-bond donors (Lipinski definition) is 3. The first-order valence-electron chi connectivity index (χ1n) is 6.22. The minimum Gasteiger partial charge on any atom is -0.397 e. The highest BCUT2D eigenvalue weighted by Gasteiger charge is 2.19. The van der Waals surface area contributed by atoms with E-state index in [0.717, 1.165) is 16.9 Å². The van der Waals surface area contributed by atoms with E-state index >= 15 is 0 Å². The first-order chi connectivity index (χ1) is 9.22. The Morgan fingerprint density at radius 2 is 2.00 bits per heavy atom. The van der Waals surface area contributed by atoms with Gasteiger partial charge in [0.2, 0.25) is 5.91 Å². The number of rotatable bonds is 3. The van der Waals surface area contributed by atoms with Crippen LogP contribution >= 0.6 is 0 Å². The molecule has 0 spiro atoms. The molecule has 1 amide bonds. The molecule has 0 aromatic heterocycles. The smallest absolute Gasteiger partial charge is 0.228 e. The van der Waals surface area contributed by atoms with E-state index in [2.05, 4.69) is 22.8 Å². The van der Waals surface area contributed by atoms with Crippen LogP contribution in [-0.4, -0.2) is 5.91 Å². The van der Waals surface area contributed by atoms with Gasteiger partial charge in [-0.1, -0.05) is 30.3 Å². The summed E-state index contributed by atoms with van der Waals surface area (Å²) < 4.78 is 0. The van der Waals surface area contributed by atoms with Crippen molar-refractivity contribution in [3.63, 3.8) is 0 Å². The number of carbonyl (C=O) groups is 1. The fraction of sp³-hybridized carbons (Fsp3) is 0.133. The van der Waals surface area contributed by atoms with Gasteiger partial charge in [0.15, 0.2) is 0 Å². The summed E-state index contributed by atoms with van der Waals surface area (Å²) in [6.07, 6.45) is 0.415. The lowest BCUT2D eigenvalue weighted by molar-refractivity contribution is -0.115. The summed E-state index contributed by atoms with van der Waals surface area (Å²) in [6.45, 7) is 0.706. The summed E-state index contributed by atoms with van der Waals surface area (Å²) >= 11 is 0. The average Bonchev–Trinajstić information content (AvgIpc) is 2.76. The highest BCUT2D eigenvalue weighted by atomic mass is 16.1. The number of carbonyl (C=O) groups excluding carboxylic acids is 1. The first kappa shape index (κ1) is 11.6. The van der Waals surface area contributed by atoms with Crippen molar-refractivity contribution in [3.8, 4) is 0 Å². The minimum atomic E-state index is 0.0228. The maximum atomic E-state index is 11.3. The topological polar surface area (TPSA) is 67.2 Å². The van der Waals surface area contributed by atoms with Gasteiger partial charge in [-0.25, -0.2) is 0 Å². The van der Waals surface area contributed by atoms with Gasteiger partial charge in [0.1, 0.15) is 0 Å². The SMILES string of the molecule is Nc1cc2c(cc1NCc1ccccc1)NC(=O)C2. The van der Waals surface area contributed by atoms with E-state index in [0.29, 0.717) is 18.7 Å². The van der Waals surface area contributed by atoms with Gasteiger partial charge in [-0.3, -0.25) is 4.79 Å². The molecule has 4 heteroatoms. The molecule has 1 heterocycles. The zero-order chi connectivity index (χ0) is 13.2. The number of nitrogens with two attached hydrogens (primary N) is 1. The molecule has 0 bridgehead atoms. The Morgan fingerprint density at radius 1 is 1.21 bits per heavy atom. The number of nitrogen functional groups attached to an aromatic ring is 1. The van der Waals surface area contributed by atoms with Crippen LogP contribution in [0.15, 0.2) is 42.5 Å². The van der Waals surface area contributed by atoms with Gasteiger partial charge in [-0.15, -0.1) is 0 Å². The lowest BCUT2D eigenvalue weighted by Gasteiger charge is -2.11. The van der Waals surface area contributed by atoms with E-state index in [4.69, 9.17) is 5.73 Å². The Labute approximate surface area is 111 Å². The highest BCUT2D eigenvalue weighted by molar-refractivity contribution is 6.00. The normalized spacial score (nSPS) is 12.9. The van der Waals surface area contributed by atoms with Crippen molar-refractivity contribution in [1.82, 2.24) is 0 Å². The van der Waals surface area contributed by atoms with Gasteiger partial charge >= 0.3 is 0 Å².